The van der Waals surface area contributed by atoms with Gasteiger partial charge in [0.25, 0.3) is 0 Å². The maximum absolute atomic E-state index is 6.08. The van der Waals surface area contributed by atoms with E-state index in [9.17, 15) is 0 Å². The van der Waals surface area contributed by atoms with E-state index in [2.05, 4.69) is 30.1 Å². The van der Waals surface area contributed by atoms with E-state index in [1.165, 1.54) is 12.0 Å². The zero-order chi connectivity index (χ0) is 13.9. The molecule has 2 nitrogen and oxygen atoms in total. The van der Waals surface area contributed by atoms with E-state index < -0.39 is 0 Å². The number of hydrogen-bond donors (Lipinski definition) is 1. The molecule has 1 heterocycles. The Bertz CT molecular complexity index is 436. The van der Waals surface area contributed by atoms with E-state index in [1.807, 2.05) is 12.1 Å². The third-order valence-corrected chi connectivity index (χ3v) is 4.69. The molecule has 1 N–H and O–H groups in total. The lowest BCUT2D eigenvalue weighted by atomic mass is 9.98. The SMILES string of the molecule is CCC1(C)CN(Cc2ccc(Cl)c(Cl)c2)CCCN1. The Morgan fingerprint density at radius 2 is 2.11 bits per heavy atom. The van der Waals surface area contributed by atoms with E-state index in [4.69, 9.17) is 23.2 Å². The average molecular weight is 301 g/mol. The van der Waals surface area contributed by atoms with Crippen molar-refractivity contribution in [2.75, 3.05) is 19.6 Å². The van der Waals surface area contributed by atoms with Crippen molar-refractivity contribution in [2.24, 2.45) is 0 Å². The lowest BCUT2D eigenvalue weighted by molar-refractivity contribution is 0.208. The molecular weight excluding hydrogens is 279 g/mol. The number of rotatable bonds is 3. The second-order valence-electron chi connectivity index (χ2n) is 5.65. The summed E-state index contributed by atoms with van der Waals surface area (Å²) in [5.41, 5.74) is 1.45. The third kappa shape index (κ3) is 4.09. The largest absolute Gasteiger partial charge is 0.310 e. The van der Waals surface area contributed by atoms with Crippen LogP contribution in [-0.4, -0.2) is 30.1 Å². The average Bonchev–Trinajstić information content (AvgIpc) is 2.57. The van der Waals surface area contributed by atoms with Gasteiger partial charge in [0.2, 0.25) is 0 Å². The molecule has 1 unspecified atom stereocenters. The van der Waals surface area contributed by atoms with E-state index in [-0.39, 0.29) is 5.54 Å². The molecular formula is C15H22Cl2N2. The molecule has 1 aromatic carbocycles. The molecule has 0 radical (unpaired) electrons. The van der Waals surface area contributed by atoms with Crippen molar-refractivity contribution in [1.29, 1.82) is 0 Å². The molecule has 0 aromatic heterocycles. The fourth-order valence-electron chi connectivity index (χ4n) is 2.59. The van der Waals surface area contributed by atoms with Crippen LogP contribution in [0.1, 0.15) is 32.3 Å². The summed E-state index contributed by atoms with van der Waals surface area (Å²) in [5, 5.41) is 4.93. The molecule has 0 aliphatic carbocycles. The smallest absolute Gasteiger partial charge is 0.0595 e. The highest BCUT2D eigenvalue weighted by Crippen LogP contribution is 2.24. The molecule has 19 heavy (non-hydrogen) atoms. The van der Waals surface area contributed by atoms with Gasteiger partial charge in [0.1, 0.15) is 0 Å². The topological polar surface area (TPSA) is 15.3 Å². The molecule has 1 saturated heterocycles. The van der Waals surface area contributed by atoms with Crippen LogP contribution in [0, 0.1) is 0 Å². The fraction of sp³-hybridized carbons (Fsp3) is 0.600. The molecule has 1 fully saturated rings. The maximum Gasteiger partial charge on any atom is 0.0595 e. The van der Waals surface area contributed by atoms with E-state index in [1.54, 1.807) is 0 Å². The van der Waals surface area contributed by atoms with Gasteiger partial charge in [-0.2, -0.15) is 0 Å². The predicted octanol–water partition coefficient (Wildman–Crippen LogP) is 3.96. The Balaban J connectivity index is 2.06. The second kappa shape index (κ2) is 6.45. The molecule has 2 rings (SSSR count). The zero-order valence-corrected chi connectivity index (χ0v) is 13.2. The van der Waals surface area contributed by atoms with E-state index in [0.29, 0.717) is 10.0 Å². The highest BCUT2D eigenvalue weighted by Gasteiger charge is 2.26. The van der Waals surface area contributed by atoms with Gasteiger partial charge in [-0.25, -0.2) is 0 Å². The van der Waals surface area contributed by atoms with Crippen molar-refractivity contribution in [3.05, 3.63) is 33.8 Å². The Hall–Kier alpha value is -0.280. The molecule has 1 aliphatic rings. The summed E-state index contributed by atoms with van der Waals surface area (Å²) in [7, 11) is 0. The van der Waals surface area contributed by atoms with Crippen LogP contribution in [0.25, 0.3) is 0 Å². The summed E-state index contributed by atoms with van der Waals surface area (Å²) in [6, 6.07) is 5.93. The van der Waals surface area contributed by atoms with Crippen LogP contribution in [-0.2, 0) is 6.54 Å². The highest BCUT2D eigenvalue weighted by molar-refractivity contribution is 6.42. The third-order valence-electron chi connectivity index (χ3n) is 3.95. The monoisotopic (exact) mass is 300 g/mol. The van der Waals surface area contributed by atoms with Crippen LogP contribution in [0.3, 0.4) is 0 Å². The number of nitrogens with one attached hydrogen (secondary N) is 1. The fourth-order valence-corrected chi connectivity index (χ4v) is 2.91. The van der Waals surface area contributed by atoms with Crippen molar-refractivity contribution in [1.82, 2.24) is 10.2 Å². The zero-order valence-electron chi connectivity index (χ0n) is 11.7. The maximum atomic E-state index is 6.08. The Labute approximate surface area is 126 Å². The summed E-state index contributed by atoms with van der Waals surface area (Å²) in [4.78, 5) is 2.50. The van der Waals surface area contributed by atoms with Gasteiger partial charge in [-0.05, 0) is 50.6 Å². The first-order valence-corrected chi connectivity index (χ1v) is 7.69. The van der Waals surface area contributed by atoms with Crippen molar-refractivity contribution >= 4 is 23.2 Å². The molecule has 1 aromatic rings. The molecule has 0 spiro atoms. The van der Waals surface area contributed by atoms with Gasteiger partial charge in [-0.3, -0.25) is 4.90 Å². The number of halogens is 2. The number of hydrogen-bond acceptors (Lipinski definition) is 2. The molecule has 4 heteroatoms. The van der Waals surface area contributed by atoms with Gasteiger partial charge < -0.3 is 5.32 Å². The molecule has 1 aliphatic heterocycles. The van der Waals surface area contributed by atoms with Gasteiger partial charge in [0.05, 0.1) is 10.0 Å². The van der Waals surface area contributed by atoms with Crippen molar-refractivity contribution < 1.29 is 0 Å². The molecule has 0 saturated carbocycles. The summed E-state index contributed by atoms with van der Waals surface area (Å²) in [6.07, 6.45) is 2.34. The first-order chi connectivity index (χ1) is 9.02. The normalized spacial score (nSPS) is 25.3. The Morgan fingerprint density at radius 1 is 1.32 bits per heavy atom. The van der Waals surface area contributed by atoms with Crippen LogP contribution < -0.4 is 5.32 Å². The summed E-state index contributed by atoms with van der Waals surface area (Å²) >= 11 is 12.0. The van der Waals surface area contributed by atoms with Crippen molar-refractivity contribution in [3.8, 4) is 0 Å². The lowest BCUT2D eigenvalue weighted by Crippen LogP contribution is -2.48. The van der Waals surface area contributed by atoms with Crippen LogP contribution in [0.5, 0.6) is 0 Å². The molecule has 0 amide bonds. The van der Waals surface area contributed by atoms with Crippen LogP contribution >= 0.6 is 23.2 Å². The predicted molar refractivity (Wildman–Crippen MR) is 83.1 cm³/mol. The van der Waals surface area contributed by atoms with Gasteiger partial charge >= 0.3 is 0 Å². The number of benzene rings is 1. The second-order valence-corrected chi connectivity index (χ2v) is 6.47. The Morgan fingerprint density at radius 3 is 2.79 bits per heavy atom. The van der Waals surface area contributed by atoms with Gasteiger partial charge in [0.15, 0.2) is 0 Å². The minimum Gasteiger partial charge on any atom is -0.310 e. The summed E-state index contributed by atoms with van der Waals surface area (Å²) in [5.74, 6) is 0. The standard InChI is InChI=1S/C15H22Cl2N2/c1-3-15(2)11-19(8-4-7-18-15)10-12-5-6-13(16)14(17)9-12/h5-6,9,18H,3-4,7-8,10-11H2,1-2H3. The first-order valence-electron chi connectivity index (χ1n) is 6.94. The highest BCUT2D eigenvalue weighted by atomic mass is 35.5. The van der Waals surface area contributed by atoms with Crippen molar-refractivity contribution in [2.45, 2.75) is 38.8 Å². The van der Waals surface area contributed by atoms with Crippen molar-refractivity contribution in [3.63, 3.8) is 0 Å². The molecule has 1 atom stereocenters. The minimum atomic E-state index is 0.215. The van der Waals surface area contributed by atoms with E-state index in [0.717, 1.165) is 32.6 Å². The first kappa shape index (κ1) is 15.1. The van der Waals surface area contributed by atoms with Gasteiger partial charge in [-0.1, -0.05) is 36.2 Å². The Kier molecular flexibility index (Phi) is 5.13. The lowest BCUT2D eigenvalue weighted by Gasteiger charge is -2.32. The molecule has 106 valence electrons. The minimum absolute atomic E-state index is 0.215. The quantitative estimate of drug-likeness (QED) is 0.909. The van der Waals surface area contributed by atoms with Crippen LogP contribution in [0.15, 0.2) is 18.2 Å². The van der Waals surface area contributed by atoms with Crippen LogP contribution in [0.4, 0.5) is 0 Å². The van der Waals surface area contributed by atoms with Crippen LogP contribution in [0.2, 0.25) is 10.0 Å². The summed E-state index contributed by atoms with van der Waals surface area (Å²) < 4.78 is 0. The van der Waals surface area contributed by atoms with E-state index >= 15 is 0 Å². The van der Waals surface area contributed by atoms with Gasteiger partial charge in [0, 0.05) is 18.6 Å². The summed E-state index contributed by atoms with van der Waals surface area (Å²) in [6.45, 7) is 8.79. The van der Waals surface area contributed by atoms with Gasteiger partial charge in [-0.15, -0.1) is 0 Å². The molecule has 0 bridgehead atoms. The number of nitrogens with zero attached hydrogens (tertiary/aromatic N) is 1.